The number of para-hydroxylation sites is 1. The minimum absolute atomic E-state index is 0.193. The third-order valence-electron chi connectivity index (χ3n) is 2.57. The Bertz CT molecular complexity index is 462. The number of aliphatic carboxylic acids is 1. The summed E-state index contributed by atoms with van der Waals surface area (Å²) < 4.78 is 5.49. The second-order valence-corrected chi connectivity index (χ2v) is 4.31. The van der Waals surface area contributed by atoms with Gasteiger partial charge in [0.1, 0.15) is 12.3 Å². The molecule has 1 rings (SSSR count). The van der Waals surface area contributed by atoms with Gasteiger partial charge in [0, 0.05) is 13.1 Å². The van der Waals surface area contributed by atoms with E-state index >= 15 is 0 Å². The number of hydrogen-bond acceptors (Lipinski definition) is 3. The molecule has 0 saturated carbocycles. The van der Waals surface area contributed by atoms with E-state index in [1.807, 2.05) is 30.3 Å². The van der Waals surface area contributed by atoms with Crippen LogP contribution in [0.4, 0.5) is 4.79 Å². The Hall–Kier alpha value is -2.50. The van der Waals surface area contributed by atoms with Crippen molar-refractivity contribution in [2.45, 2.75) is 6.42 Å². The molecule has 2 amide bonds. The molecule has 21 heavy (non-hydrogen) atoms. The summed E-state index contributed by atoms with van der Waals surface area (Å²) >= 11 is 0. The number of urea groups is 1. The fourth-order valence-electron chi connectivity index (χ4n) is 1.62. The molecule has 114 valence electrons. The summed E-state index contributed by atoms with van der Waals surface area (Å²) in [5, 5.41) is 11.4. The average molecular weight is 292 g/mol. The van der Waals surface area contributed by atoms with Crippen molar-refractivity contribution < 1.29 is 19.4 Å². The van der Waals surface area contributed by atoms with E-state index in [4.69, 9.17) is 9.84 Å². The molecule has 0 saturated heterocycles. The van der Waals surface area contributed by atoms with E-state index in [-0.39, 0.29) is 13.1 Å². The van der Waals surface area contributed by atoms with Gasteiger partial charge in [0.25, 0.3) is 0 Å². The van der Waals surface area contributed by atoms with Crippen molar-refractivity contribution in [2.75, 3.05) is 26.2 Å². The van der Waals surface area contributed by atoms with Gasteiger partial charge < -0.3 is 20.1 Å². The van der Waals surface area contributed by atoms with Gasteiger partial charge in [-0.1, -0.05) is 24.3 Å². The molecule has 2 N–H and O–H groups in total. The van der Waals surface area contributed by atoms with Crippen molar-refractivity contribution in [3.05, 3.63) is 43.0 Å². The Morgan fingerprint density at radius 2 is 2.05 bits per heavy atom. The third kappa shape index (κ3) is 7.00. The Labute approximate surface area is 124 Å². The van der Waals surface area contributed by atoms with Gasteiger partial charge in [-0.05, 0) is 18.6 Å². The van der Waals surface area contributed by atoms with Crippen molar-refractivity contribution in [1.29, 1.82) is 0 Å². The molecule has 0 aromatic heterocycles. The average Bonchev–Trinajstić information content (AvgIpc) is 2.47. The number of carbonyl (C=O) groups is 2. The number of nitrogens with one attached hydrogen (secondary N) is 1. The number of amides is 2. The lowest BCUT2D eigenvalue weighted by Gasteiger charge is -2.19. The molecule has 0 unspecified atom stereocenters. The van der Waals surface area contributed by atoms with Crippen molar-refractivity contribution >= 4 is 12.0 Å². The number of carbonyl (C=O) groups excluding carboxylic acids is 1. The van der Waals surface area contributed by atoms with Crippen LogP contribution in [-0.2, 0) is 4.79 Å². The number of carboxylic acid groups (broad SMARTS) is 1. The lowest BCUT2D eigenvalue weighted by molar-refractivity contribution is -0.137. The van der Waals surface area contributed by atoms with Gasteiger partial charge in [-0.2, -0.15) is 0 Å². The highest BCUT2D eigenvalue weighted by Crippen LogP contribution is 2.08. The first-order valence-electron chi connectivity index (χ1n) is 6.67. The summed E-state index contributed by atoms with van der Waals surface area (Å²) in [7, 11) is 0. The molecule has 1 aromatic rings. The minimum atomic E-state index is -1.06. The van der Waals surface area contributed by atoms with Crippen molar-refractivity contribution in [1.82, 2.24) is 10.2 Å². The Morgan fingerprint density at radius 1 is 1.33 bits per heavy atom. The van der Waals surface area contributed by atoms with Gasteiger partial charge in [0.2, 0.25) is 0 Å². The maximum atomic E-state index is 11.8. The Kier molecular flexibility index (Phi) is 7.42. The highest BCUT2D eigenvalue weighted by Gasteiger charge is 2.14. The molecule has 1 aromatic carbocycles. The lowest BCUT2D eigenvalue weighted by atomic mass is 10.3. The zero-order chi connectivity index (χ0) is 15.5. The molecule has 0 bridgehead atoms. The molecule has 0 aliphatic rings. The normalized spacial score (nSPS) is 9.71. The molecule has 0 radical (unpaired) electrons. The molecule has 0 atom stereocenters. The molecular weight excluding hydrogens is 272 g/mol. The van der Waals surface area contributed by atoms with Crippen LogP contribution in [-0.4, -0.2) is 48.2 Å². The van der Waals surface area contributed by atoms with E-state index in [1.54, 1.807) is 0 Å². The number of carboxylic acids is 1. The van der Waals surface area contributed by atoms with Gasteiger partial charge in [-0.3, -0.25) is 4.79 Å². The molecule has 0 spiro atoms. The van der Waals surface area contributed by atoms with Gasteiger partial charge in [-0.25, -0.2) is 4.79 Å². The van der Waals surface area contributed by atoms with Crippen LogP contribution in [0.15, 0.2) is 43.0 Å². The van der Waals surface area contributed by atoms with E-state index in [2.05, 4.69) is 11.9 Å². The SMILES string of the molecule is C=CCN(CC(=O)O)C(=O)NCCCOc1ccccc1. The van der Waals surface area contributed by atoms with Crippen LogP contribution >= 0.6 is 0 Å². The molecular formula is C15H20N2O4. The van der Waals surface area contributed by atoms with Crippen molar-refractivity contribution in [3.8, 4) is 5.75 Å². The van der Waals surface area contributed by atoms with Crippen molar-refractivity contribution in [2.24, 2.45) is 0 Å². The predicted octanol–water partition coefficient (Wildman–Crippen LogP) is 1.74. The molecule has 0 fully saturated rings. The Balaban J connectivity index is 2.22. The maximum absolute atomic E-state index is 11.8. The smallest absolute Gasteiger partial charge is 0.323 e. The van der Waals surface area contributed by atoms with Crippen LogP contribution in [0, 0.1) is 0 Å². The number of benzene rings is 1. The zero-order valence-corrected chi connectivity index (χ0v) is 11.8. The quantitative estimate of drug-likeness (QED) is 0.537. The van der Waals surface area contributed by atoms with E-state index in [0.717, 1.165) is 5.75 Å². The van der Waals surface area contributed by atoms with Gasteiger partial charge in [-0.15, -0.1) is 6.58 Å². The van der Waals surface area contributed by atoms with Gasteiger partial charge in [0.05, 0.1) is 6.61 Å². The Morgan fingerprint density at radius 3 is 2.67 bits per heavy atom. The minimum Gasteiger partial charge on any atom is -0.494 e. The summed E-state index contributed by atoms with van der Waals surface area (Å²) in [5.41, 5.74) is 0. The summed E-state index contributed by atoms with van der Waals surface area (Å²) in [6.07, 6.45) is 2.12. The summed E-state index contributed by atoms with van der Waals surface area (Å²) in [6, 6.07) is 8.97. The van der Waals surface area contributed by atoms with Crippen LogP contribution < -0.4 is 10.1 Å². The molecule has 0 aliphatic heterocycles. The fourth-order valence-corrected chi connectivity index (χ4v) is 1.62. The number of ether oxygens (including phenoxy) is 1. The first-order chi connectivity index (χ1) is 10.1. The van der Waals surface area contributed by atoms with E-state index in [1.165, 1.54) is 11.0 Å². The lowest BCUT2D eigenvalue weighted by Crippen LogP contribution is -2.43. The number of nitrogens with zero attached hydrogens (tertiary/aromatic N) is 1. The van der Waals surface area contributed by atoms with Crippen LogP contribution in [0.1, 0.15) is 6.42 Å². The first kappa shape index (κ1) is 16.6. The van der Waals surface area contributed by atoms with Gasteiger partial charge >= 0.3 is 12.0 Å². The summed E-state index contributed by atoms with van der Waals surface area (Å²) in [5.74, 6) is -0.276. The van der Waals surface area contributed by atoms with E-state index in [9.17, 15) is 9.59 Å². The molecule has 6 heteroatoms. The highest BCUT2D eigenvalue weighted by molar-refractivity contribution is 5.80. The maximum Gasteiger partial charge on any atom is 0.323 e. The predicted molar refractivity (Wildman–Crippen MR) is 79.4 cm³/mol. The number of rotatable bonds is 9. The topological polar surface area (TPSA) is 78.9 Å². The third-order valence-corrected chi connectivity index (χ3v) is 2.57. The second-order valence-electron chi connectivity index (χ2n) is 4.31. The van der Waals surface area contributed by atoms with Crippen LogP contribution in [0.25, 0.3) is 0 Å². The molecule has 6 nitrogen and oxygen atoms in total. The summed E-state index contributed by atoms with van der Waals surface area (Å²) in [4.78, 5) is 23.6. The zero-order valence-electron chi connectivity index (χ0n) is 11.8. The fraction of sp³-hybridized carbons (Fsp3) is 0.333. The van der Waals surface area contributed by atoms with Crippen molar-refractivity contribution in [3.63, 3.8) is 0 Å². The van der Waals surface area contributed by atoms with Crippen LogP contribution in [0.5, 0.6) is 5.75 Å². The summed E-state index contributed by atoms with van der Waals surface area (Å²) in [6.45, 7) is 4.24. The first-order valence-corrected chi connectivity index (χ1v) is 6.67. The second kappa shape index (κ2) is 9.41. The highest BCUT2D eigenvalue weighted by atomic mass is 16.5. The largest absolute Gasteiger partial charge is 0.494 e. The molecule has 0 heterocycles. The van der Waals surface area contributed by atoms with Gasteiger partial charge in [0.15, 0.2) is 0 Å². The number of hydrogen-bond donors (Lipinski definition) is 2. The monoisotopic (exact) mass is 292 g/mol. The van der Waals surface area contributed by atoms with Crippen LogP contribution in [0.3, 0.4) is 0 Å². The molecule has 0 aliphatic carbocycles. The van der Waals surface area contributed by atoms with E-state index < -0.39 is 12.0 Å². The van der Waals surface area contributed by atoms with Crippen LogP contribution in [0.2, 0.25) is 0 Å². The standard InChI is InChI=1S/C15H20N2O4/c1-2-10-17(12-14(18)19)15(20)16-9-6-11-21-13-7-4-3-5-8-13/h2-5,7-8H,1,6,9-12H2,(H,16,20)(H,18,19). The van der Waals surface area contributed by atoms with E-state index in [0.29, 0.717) is 19.6 Å².